The van der Waals surface area contributed by atoms with Crippen molar-refractivity contribution in [2.24, 2.45) is 10.9 Å². The van der Waals surface area contributed by atoms with Crippen LogP contribution in [0.25, 0.3) is 0 Å². The summed E-state index contributed by atoms with van der Waals surface area (Å²) in [6.07, 6.45) is 12.2. The lowest BCUT2D eigenvalue weighted by Gasteiger charge is -2.08. The molecule has 2 heteroatoms. The van der Waals surface area contributed by atoms with E-state index in [4.69, 9.17) is 5.26 Å². The fourth-order valence-corrected chi connectivity index (χ4v) is 1.61. The Morgan fingerprint density at radius 1 is 1.47 bits per heavy atom. The topological polar surface area (TPSA) is 36.1 Å². The first kappa shape index (κ1) is 14.9. The third-order valence-electron chi connectivity index (χ3n) is 2.58. The van der Waals surface area contributed by atoms with Crippen LogP contribution in [0.15, 0.2) is 64.9 Å². The predicted molar refractivity (Wildman–Crippen MR) is 81.8 cm³/mol. The fourth-order valence-electron chi connectivity index (χ4n) is 1.61. The molecule has 0 aliphatic carbocycles. The van der Waals surface area contributed by atoms with E-state index in [1.807, 2.05) is 43.4 Å². The van der Waals surface area contributed by atoms with Crippen molar-refractivity contribution >= 4 is 5.71 Å². The van der Waals surface area contributed by atoms with Crippen molar-refractivity contribution < 1.29 is 0 Å². The van der Waals surface area contributed by atoms with E-state index in [0.29, 0.717) is 11.5 Å². The van der Waals surface area contributed by atoms with Crippen molar-refractivity contribution in [3.05, 3.63) is 59.9 Å². The third kappa shape index (κ3) is 5.35. The minimum Gasteiger partial charge on any atom is -0.257 e. The molecule has 0 amide bonds. The SMILES string of the molecule is C=C(C)C=C1C/C=C/C=C(C#N)\C=C/C(C(C)C)=N1. The first-order valence-electron chi connectivity index (χ1n) is 6.42. The second kappa shape index (κ2) is 7.33. The number of hydrogen-bond donors (Lipinski definition) is 0. The summed E-state index contributed by atoms with van der Waals surface area (Å²) in [4.78, 5) is 4.69. The van der Waals surface area contributed by atoms with Crippen molar-refractivity contribution in [2.45, 2.75) is 27.2 Å². The van der Waals surface area contributed by atoms with Gasteiger partial charge in [0.05, 0.1) is 11.6 Å². The molecule has 19 heavy (non-hydrogen) atoms. The summed E-state index contributed by atoms with van der Waals surface area (Å²) in [6.45, 7) is 10.1. The van der Waals surface area contributed by atoms with Crippen molar-refractivity contribution in [1.82, 2.24) is 0 Å². The highest BCUT2D eigenvalue weighted by Crippen LogP contribution is 2.14. The van der Waals surface area contributed by atoms with Crippen LogP contribution in [0.5, 0.6) is 0 Å². The molecular weight excluding hydrogens is 232 g/mol. The third-order valence-corrected chi connectivity index (χ3v) is 2.58. The van der Waals surface area contributed by atoms with E-state index in [0.717, 1.165) is 23.4 Å². The molecule has 1 rings (SSSR count). The minimum absolute atomic E-state index is 0.313. The van der Waals surface area contributed by atoms with E-state index in [1.54, 1.807) is 0 Å². The fraction of sp³-hybridized carbons (Fsp3) is 0.294. The zero-order valence-corrected chi connectivity index (χ0v) is 11.9. The van der Waals surface area contributed by atoms with Gasteiger partial charge >= 0.3 is 0 Å². The van der Waals surface area contributed by atoms with Gasteiger partial charge in [0.25, 0.3) is 0 Å². The summed E-state index contributed by atoms with van der Waals surface area (Å²) in [7, 11) is 0. The van der Waals surface area contributed by atoms with Crippen LogP contribution in [-0.2, 0) is 0 Å². The largest absolute Gasteiger partial charge is 0.257 e. The van der Waals surface area contributed by atoms with Crippen LogP contribution in [0.3, 0.4) is 0 Å². The molecule has 0 unspecified atom stereocenters. The molecule has 98 valence electrons. The van der Waals surface area contributed by atoms with Gasteiger partial charge in [-0.15, -0.1) is 0 Å². The minimum atomic E-state index is 0.313. The molecule has 0 radical (unpaired) electrons. The molecule has 0 spiro atoms. The molecular formula is C17H20N2. The first-order chi connectivity index (χ1) is 9.02. The first-order valence-corrected chi connectivity index (χ1v) is 6.42. The Labute approximate surface area is 115 Å². The molecule has 0 aromatic rings. The van der Waals surface area contributed by atoms with Gasteiger partial charge < -0.3 is 0 Å². The number of hydrogen-bond acceptors (Lipinski definition) is 2. The average molecular weight is 252 g/mol. The highest BCUT2D eigenvalue weighted by molar-refractivity contribution is 5.97. The molecule has 0 saturated carbocycles. The maximum atomic E-state index is 9.00. The van der Waals surface area contributed by atoms with Gasteiger partial charge in [0.1, 0.15) is 0 Å². The molecule has 0 saturated heterocycles. The molecule has 0 bridgehead atoms. The lowest BCUT2D eigenvalue weighted by atomic mass is 10.1. The number of allylic oxidation sites excluding steroid dienone is 8. The van der Waals surface area contributed by atoms with Gasteiger partial charge in [-0.3, -0.25) is 4.99 Å². The standard InChI is InChI=1S/C17H20N2/c1-13(2)11-16-8-6-5-7-15(12-18)9-10-17(19-16)14(3)4/h5-7,9-11,14H,1,8H2,2-4H3/b6-5+,10-9-,15-7+,16-11?,19-17?. The summed E-state index contributed by atoms with van der Waals surface area (Å²) in [6, 6.07) is 2.16. The van der Waals surface area contributed by atoms with Gasteiger partial charge in [0.15, 0.2) is 0 Å². The Bertz CT molecular complexity index is 532. The van der Waals surface area contributed by atoms with Crippen molar-refractivity contribution in [1.29, 1.82) is 5.26 Å². The van der Waals surface area contributed by atoms with Crippen LogP contribution >= 0.6 is 0 Å². The lowest BCUT2D eigenvalue weighted by Crippen LogP contribution is -2.05. The van der Waals surface area contributed by atoms with Crippen LogP contribution in [0.4, 0.5) is 0 Å². The molecule has 0 fully saturated rings. The van der Waals surface area contributed by atoms with Crippen LogP contribution in [-0.4, -0.2) is 5.71 Å². The van der Waals surface area contributed by atoms with Gasteiger partial charge in [0.2, 0.25) is 0 Å². The molecule has 0 aromatic heterocycles. The molecule has 0 N–H and O–H groups in total. The van der Waals surface area contributed by atoms with Gasteiger partial charge in [-0.2, -0.15) is 5.26 Å². The monoisotopic (exact) mass is 252 g/mol. The van der Waals surface area contributed by atoms with E-state index >= 15 is 0 Å². The lowest BCUT2D eigenvalue weighted by molar-refractivity contribution is 0.883. The van der Waals surface area contributed by atoms with Crippen LogP contribution in [0, 0.1) is 17.2 Å². The maximum absolute atomic E-state index is 9.00. The molecule has 0 aromatic carbocycles. The number of nitriles is 1. The Morgan fingerprint density at radius 2 is 2.21 bits per heavy atom. The van der Waals surface area contributed by atoms with E-state index in [1.165, 1.54) is 0 Å². The second-order valence-corrected chi connectivity index (χ2v) is 4.87. The summed E-state index contributed by atoms with van der Waals surface area (Å²) >= 11 is 0. The number of nitrogens with zero attached hydrogens (tertiary/aromatic N) is 2. The molecule has 1 aliphatic rings. The normalized spacial score (nSPS) is 24.1. The van der Waals surface area contributed by atoms with Gasteiger partial charge in [-0.05, 0) is 37.1 Å². The molecule has 0 atom stereocenters. The summed E-state index contributed by atoms with van der Waals surface area (Å²) in [5.41, 5.74) is 3.59. The maximum Gasteiger partial charge on any atom is 0.0991 e. The van der Waals surface area contributed by atoms with Gasteiger partial charge in [0, 0.05) is 17.8 Å². The van der Waals surface area contributed by atoms with E-state index in [9.17, 15) is 0 Å². The quantitative estimate of drug-likeness (QED) is 0.712. The average Bonchev–Trinajstić information content (AvgIpc) is 2.35. The number of rotatable bonds is 2. The highest BCUT2D eigenvalue weighted by atomic mass is 14.8. The summed E-state index contributed by atoms with van der Waals surface area (Å²) in [5.74, 6) is 0.313. The molecule has 1 heterocycles. The van der Waals surface area contributed by atoms with Crippen LogP contribution < -0.4 is 0 Å². The number of aliphatic imine (C=N–C) groups is 1. The second-order valence-electron chi connectivity index (χ2n) is 4.87. The Hall–Kier alpha value is -2.14. The van der Waals surface area contributed by atoms with E-state index in [2.05, 4.69) is 31.5 Å². The van der Waals surface area contributed by atoms with E-state index < -0.39 is 0 Å². The zero-order chi connectivity index (χ0) is 14.3. The Morgan fingerprint density at radius 3 is 2.79 bits per heavy atom. The Balaban J connectivity index is 3.22. The van der Waals surface area contributed by atoms with Crippen LogP contribution in [0.1, 0.15) is 27.2 Å². The smallest absolute Gasteiger partial charge is 0.0991 e. The van der Waals surface area contributed by atoms with Gasteiger partial charge in [-0.1, -0.05) is 38.2 Å². The van der Waals surface area contributed by atoms with Crippen molar-refractivity contribution in [2.75, 3.05) is 0 Å². The molecule has 2 nitrogen and oxygen atoms in total. The summed E-state index contributed by atoms with van der Waals surface area (Å²) in [5, 5.41) is 9.00. The zero-order valence-electron chi connectivity index (χ0n) is 11.9. The van der Waals surface area contributed by atoms with E-state index in [-0.39, 0.29) is 0 Å². The van der Waals surface area contributed by atoms with Crippen molar-refractivity contribution in [3.8, 4) is 6.07 Å². The summed E-state index contributed by atoms with van der Waals surface area (Å²) < 4.78 is 0. The van der Waals surface area contributed by atoms with Crippen molar-refractivity contribution in [3.63, 3.8) is 0 Å². The Kier molecular flexibility index (Phi) is 5.75. The molecule has 1 aliphatic heterocycles. The van der Waals surface area contributed by atoms with Gasteiger partial charge in [-0.25, -0.2) is 0 Å². The van der Waals surface area contributed by atoms with Crippen LogP contribution in [0.2, 0.25) is 0 Å². The predicted octanol–water partition coefficient (Wildman–Crippen LogP) is 4.51. The highest BCUT2D eigenvalue weighted by Gasteiger charge is 2.04.